The Hall–Kier alpha value is -0.430. The van der Waals surface area contributed by atoms with E-state index >= 15 is 0 Å². The van der Waals surface area contributed by atoms with Gasteiger partial charge < -0.3 is 9.66 Å². The molecule has 21 heavy (non-hydrogen) atoms. The van der Waals surface area contributed by atoms with Gasteiger partial charge in [0.1, 0.15) is 10.1 Å². The molecule has 2 rings (SSSR count). The fraction of sp³-hybridized carbons (Fsp3) is 0.333. The summed E-state index contributed by atoms with van der Waals surface area (Å²) in [6.45, 7) is 5.13. The molecule has 0 saturated carbocycles. The number of aliphatic hydroxyl groups is 1. The summed E-state index contributed by atoms with van der Waals surface area (Å²) in [4.78, 5) is -0.217. The quantitative estimate of drug-likeness (QED) is 0.611. The molecule has 0 aromatic rings. The van der Waals surface area contributed by atoms with Gasteiger partial charge in [0, 0.05) is 0 Å². The van der Waals surface area contributed by atoms with E-state index in [9.17, 15) is 18.1 Å². The van der Waals surface area contributed by atoms with Crippen LogP contribution in [-0.4, -0.2) is 18.1 Å². The Balaban J connectivity index is 0.00000220. The maximum atomic E-state index is 11.4. The molecule has 108 valence electrons. The van der Waals surface area contributed by atoms with Crippen molar-refractivity contribution < 1.29 is 47.6 Å². The number of hydrogen-bond donors (Lipinski definition) is 1. The summed E-state index contributed by atoms with van der Waals surface area (Å²) in [5.41, 5.74) is 1.37. The zero-order valence-electron chi connectivity index (χ0n) is 12.7. The van der Waals surface area contributed by atoms with Crippen LogP contribution < -0.4 is 29.6 Å². The van der Waals surface area contributed by atoms with E-state index < -0.39 is 15.7 Å². The molecule has 0 unspecified atom stereocenters. The summed E-state index contributed by atoms with van der Waals surface area (Å²) in [5.74, 6) is 0. The number of hydrogen-bond acceptors (Lipinski definition) is 4. The van der Waals surface area contributed by atoms with Gasteiger partial charge in [-0.25, -0.2) is 8.42 Å². The SMILES string of the molecule is CCc1cc(S(=O)(=O)[O-])c2cc(C(C)(C)O)cccc1-2.[Na+]. The normalized spacial score (nSPS) is 12.2. The Morgan fingerprint density at radius 3 is 2.29 bits per heavy atom. The van der Waals surface area contributed by atoms with E-state index in [2.05, 4.69) is 0 Å². The van der Waals surface area contributed by atoms with Crippen LogP contribution in [0.2, 0.25) is 0 Å². The summed E-state index contributed by atoms with van der Waals surface area (Å²) in [6, 6.07) is 8.27. The van der Waals surface area contributed by atoms with Crippen molar-refractivity contribution in [3.05, 3.63) is 41.5 Å². The largest absolute Gasteiger partial charge is 1.00 e. The second-order valence-corrected chi connectivity index (χ2v) is 6.70. The number of fused-ring (bicyclic) bond motifs is 1. The molecule has 0 amide bonds. The minimum absolute atomic E-state index is 0. The Labute approximate surface area is 147 Å². The van der Waals surface area contributed by atoms with Crippen LogP contribution in [0.5, 0.6) is 0 Å². The Kier molecular flexibility index (Phi) is 5.64. The van der Waals surface area contributed by atoms with Crippen molar-refractivity contribution in [3.63, 3.8) is 0 Å². The van der Waals surface area contributed by atoms with Gasteiger partial charge in [-0.3, -0.25) is 0 Å². The molecule has 0 fully saturated rings. The van der Waals surface area contributed by atoms with Gasteiger partial charge in [-0.1, -0.05) is 25.1 Å². The second kappa shape index (κ2) is 6.36. The maximum Gasteiger partial charge on any atom is 1.00 e. The molecule has 0 saturated heterocycles. The molecule has 1 N–H and O–H groups in total. The van der Waals surface area contributed by atoms with Gasteiger partial charge in [-0.15, -0.1) is 0 Å². The molecule has 2 aliphatic carbocycles. The molecule has 0 radical (unpaired) electrons. The van der Waals surface area contributed by atoms with Crippen molar-refractivity contribution in [2.24, 2.45) is 0 Å². The molecule has 4 nitrogen and oxygen atoms in total. The molecule has 0 bridgehead atoms. The van der Waals surface area contributed by atoms with Gasteiger partial charge in [0.15, 0.2) is 0 Å². The van der Waals surface area contributed by atoms with Crippen LogP contribution in [0, 0.1) is 0 Å². The van der Waals surface area contributed by atoms with E-state index in [-0.39, 0.29) is 34.5 Å². The number of aryl methyl sites for hydroxylation is 1. The third kappa shape index (κ3) is 3.86. The molecular weight excluding hydrogens is 299 g/mol. The number of rotatable bonds is 3. The van der Waals surface area contributed by atoms with Crippen LogP contribution in [0.1, 0.15) is 31.9 Å². The van der Waals surface area contributed by atoms with Crippen molar-refractivity contribution in [3.8, 4) is 11.1 Å². The summed E-state index contributed by atoms with van der Waals surface area (Å²) in [6.07, 6.45) is 0.633. The van der Waals surface area contributed by atoms with Crippen LogP contribution in [0.25, 0.3) is 11.1 Å². The van der Waals surface area contributed by atoms with Crippen molar-refractivity contribution in [2.45, 2.75) is 37.7 Å². The predicted octanol–water partition coefficient (Wildman–Crippen LogP) is -0.511. The average Bonchev–Trinajstić information content (AvgIpc) is 2.51. The van der Waals surface area contributed by atoms with Gasteiger partial charge in [0.25, 0.3) is 0 Å². The minimum atomic E-state index is -4.54. The monoisotopic (exact) mass is 316 g/mol. The molecule has 0 aromatic heterocycles. The molecule has 6 heteroatoms. The molecule has 0 aliphatic heterocycles. The molecule has 0 aromatic carbocycles. The van der Waals surface area contributed by atoms with Gasteiger partial charge in [0.05, 0.1) is 10.5 Å². The van der Waals surface area contributed by atoms with Crippen LogP contribution in [0.3, 0.4) is 0 Å². The topological polar surface area (TPSA) is 77.4 Å². The van der Waals surface area contributed by atoms with Crippen molar-refractivity contribution in [1.82, 2.24) is 0 Å². The average molecular weight is 316 g/mol. The van der Waals surface area contributed by atoms with Gasteiger partial charge >= 0.3 is 29.6 Å². The van der Waals surface area contributed by atoms with E-state index in [4.69, 9.17) is 0 Å². The molecule has 2 aliphatic rings. The van der Waals surface area contributed by atoms with Crippen LogP contribution in [-0.2, 0) is 22.1 Å². The van der Waals surface area contributed by atoms with Crippen LogP contribution in [0.4, 0.5) is 0 Å². The van der Waals surface area contributed by atoms with Crippen molar-refractivity contribution >= 4 is 10.1 Å². The smallest absolute Gasteiger partial charge is 0.744 e. The molecule has 0 spiro atoms. The van der Waals surface area contributed by atoms with E-state index in [0.29, 0.717) is 17.5 Å². The van der Waals surface area contributed by atoms with Crippen LogP contribution >= 0.6 is 0 Å². The first-order valence-electron chi connectivity index (χ1n) is 6.39. The molecule has 0 atom stereocenters. The fourth-order valence-corrected chi connectivity index (χ4v) is 3.02. The maximum absolute atomic E-state index is 11.4. The van der Waals surface area contributed by atoms with Crippen LogP contribution in [0.15, 0.2) is 35.2 Å². The van der Waals surface area contributed by atoms with Crippen molar-refractivity contribution in [2.75, 3.05) is 0 Å². The molecular formula is C15H17NaO4S. The van der Waals surface area contributed by atoms with E-state index in [0.717, 1.165) is 11.1 Å². The Bertz CT molecular complexity index is 717. The third-order valence-corrected chi connectivity index (χ3v) is 4.28. The zero-order valence-corrected chi connectivity index (χ0v) is 15.5. The fourth-order valence-electron chi connectivity index (χ4n) is 2.30. The summed E-state index contributed by atoms with van der Waals surface area (Å²) in [7, 11) is -4.54. The first kappa shape index (κ1) is 18.6. The zero-order chi connectivity index (χ0) is 15.1. The predicted molar refractivity (Wildman–Crippen MR) is 75.7 cm³/mol. The van der Waals surface area contributed by atoms with Gasteiger partial charge in [0.2, 0.25) is 0 Å². The second-order valence-electron chi connectivity index (χ2n) is 5.35. The Morgan fingerprint density at radius 1 is 1.19 bits per heavy atom. The standard InChI is InChI=1S/C15H18O4S.Na/c1-4-10-8-14(20(17,18)19)13-9-11(15(2,3)16)6-5-7-12(10)13;/h5-9,16H,4H2,1-3H3,(H,17,18,19);/q;+1/p-1. The van der Waals surface area contributed by atoms with E-state index in [1.54, 1.807) is 38.1 Å². The van der Waals surface area contributed by atoms with Gasteiger partial charge in [-0.2, -0.15) is 0 Å². The summed E-state index contributed by atoms with van der Waals surface area (Å²) < 4.78 is 34.3. The van der Waals surface area contributed by atoms with E-state index in [1.807, 2.05) is 6.92 Å². The first-order valence-corrected chi connectivity index (χ1v) is 7.80. The van der Waals surface area contributed by atoms with Crippen molar-refractivity contribution in [1.29, 1.82) is 0 Å². The summed E-state index contributed by atoms with van der Waals surface area (Å²) >= 11 is 0. The molecule has 0 heterocycles. The first-order chi connectivity index (χ1) is 9.14. The Morgan fingerprint density at radius 2 is 1.81 bits per heavy atom. The summed E-state index contributed by atoms with van der Waals surface area (Å²) in [5, 5.41) is 10.1. The minimum Gasteiger partial charge on any atom is -0.744 e. The van der Waals surface area contributed by atoms with Gasteiger partial charge in [-0.05, 0) is 54.7 Å². The third-order valence-electron chi connectivity index (χ3n) is 3.40. The van der Waals surface area contributed by atoms with E-state index in [1.165, 1.54) is 6.07 Å².